The molecule has 8 aromatic heterocycles. The van der Waals surface area contributed by atoms with Gasteiger partial charge in [-0.1, -0.05) is 21.9 Å². The zero-order valence-corrected chi connectivity index (χ0v) is 57.1. The molecular formula is C49H56ClN13O4S13. The molecule has 8 heterocycles. The fourth-order valence-corrected chi connectivity index (χ4v) is 33.7. The first-order valence-electron chi connectivity index (χ1n) is 23.8. The van der Waals surface area contributed by atoms with Crippen LogP contribution < -0.4 is 15.2 Å². The number of aromatic nitrogens is 12. The highest BCUT2D eigenvalue weighted by molar-refractivity contribution is 8.75. The summed E-state index contributed by atoms with van der Waals surface area (Å²) in [6, 6.07) is 11.9. The van der Waals surface area contributed by atoms with E-state index in [-0.39, 0.29) is 11.1 Å². The van der Waals surface area contributed by atoms with Gasteiger partial charge < -0.3 is 34.2 Å². The van der Waals surface area contributed by atoms with Gasteiger partial charge in [0.1, 0.15) is 56.9 Å². The van der Waals surface area contributed by atoms with Crippen molar-refractivity contribution in [2.45, 2.75) is 101 Å². The third-order valence-corrected chi connectivity index (χ3v) is 34.2. The third-order valence-electron chi connectivity index (χ3n) is 11.7. The highest BCUT2D eigenvalue weighted by Gasteiger charge is 2.24. The molecule has 0 aliphatic rings. The maximum Gasteiger partial charge on any atom is 0.143 e. The number of nitrogens with one attached hydrogen (secondary N) is 2. The van der Waals surface area contributed by atoms with Gasteiger partial charge in [-0.15, -0.1) is 0 Å². The zero-order valence-electron chi connectivity index (χ0n) is 45.7. The van der Waals surface area contributed by atoms with Crippen molar-refractivity contribution in [3.8, 4) is 33.8 Å². The number of benzene rings is 2. The number of ether oxygens (including phenoxy) is 2. The van der Waals surface area contributed by atoms with Crippen LogP contribution in [0.1, 0.15) is 87.5 Å². The van der Waals surface area contributed by atoms with Gasteiger partial charge in [0.2, 0.25) is 0 Å². The van der Waals surface area contributed by atoms with Gasteiger partial charge in [-0.3, -0.25) is 4.68 Å². The van der Waals surface area contributed by atoms with Crippen LogP contribution >= 0.6 is 11.6 Å². The fourth-order valence-electron chi connectivity index (χ4n) is 8.71. The number of H-pyrrole nitrogens is 2. The van der Waals surface area contributed by atoms with E-state index in [2.05, 4.69) is 105 Å². The average molecular weight is 1340 g/mol. The minimum Gasteiger partial charge on any atom is -0.496 e. The second kappa shape index (κ2) is 28.2. The van der Waals surface area contributed by atoms with Gasteiger partial charge in [-0.25, -0.2) is 24.6 Å². The molecule has 17 nitrogen and oxygen atoms in total. The van der Waals surface area contributed by atoms with Crippen molar-refractivity contribution in [2.24, 2.45) is 0 Å². The number of hydrogen-bond acceptors (Lipinski definition) is 15. The van der Waals surface area contributed by atoms with Crippen molar-refractivity contribution in [2.75, 3.05) is 20.0 Å². The van der Waals surface area contributed by atoms with Crippen LogP contribution in [0.2, 0.25) is 5.15 Å². The molecule has 0 aliphatic carbocycles. The quantitative estimate of drug-likeness (QED) is 0.132. The lowest BCUT2D eigenvalue weighted by Gasteiger charge is -2.22. The number of halogens is 1. The molecule has 0 atom stereocenters. The molecule has 10 rings (SSSR count). The van der Waals surface area contributed by atoms with E-state index in [1.165, 1.54) is 17.8 Å². The molecule has 0 spiro atoms. The van der Waals surface area contributed by atoms with E-state index in [0.29, 0.717) is 28.9 Å². The van der Waals surface area contributed by atoms with E-state index in [4.69, 9.17) is 68.2 Å². The van der Waals surface area contributed by atoms with E-state index in [1.54, 1.807) is 111 Å². The average Bonchev–Trinajstić information content (AvgIpc) is 4.28. The number of rotatable bonds is 6. The van der Waals surface area contributed by atoms with Gasteiger partial charge in [-0.2, -0.15) is 10.2 Å². The fraction of sp³-hybridized carbons (Fsp3) is 0.347. The molecule has 0 unspecified atom stereocenters. The van der Waals surface area contributed by atoms with Crippen LogP contribution in [0, 0.1) is 41.5 Å². The van der Waals surface area contributed by atoms with Crippen molar-refractivity contribution >= 4 is 181 Å². The van der Waals surface area contributed by atoms with Crippen LogP contribution in [-0.2, 0) is 138 Å². The van der Waals surface area contributed by atoms with Gasteiger partial charge >= 0.3 is 0 Å². The smallest absolute Gasteiger partial charge is 0.143 e. The van der Waals surface area contributed by atoms with Gasteiger partial charge in [0.25, 0.3) is 0 Å². The van der Waals surface area contributed by atoms with Crippen molar-refractivity contribution in [3.05, 3.63) is 99.9 Å². The monoisotopic (exact) mass is 1340 g/mol. The maximum absolute atomic E-state index is 6.33. The minimum absolute atomic E-state index is 0.00637. The summed E-state index contributed by atoms with van der Waals surface area (Å²) in [7, 11) is 21.4. The summed E-state index contributed by atoms with van der Waals surface area (Å²) in [4.78, 5) is 25.0. The molecular weight excluding hydrogens is 1290 g/mol. The summed E-state index contributed by atoms with van der Waals surface area (Å²) in [5, 5.41) is 20.9. The van der Waals surface area contributed by atoms with Crippen LogP contribution in [0.3, 0.4) is 0 Å². The molecule has 0 bridgehead atoms. The lowest BCUT2D eigenvalue weighted by molar-refractivity contribution is 0.345. The Bertz CT molecular complexity index is 4370. The topological polar surface area (TPSA) is 215 Å². The standard InChI is InChI=1S/C25H28N6O2.C17H15ClN4O2.C7H13N3.S13/c1-13-22(14(2)33-30-13)18-11-19-17(12-21(18)32-7)23-20(27-15(3)28-24(23)29-19)10-16-8-9-26-31(16)25(4,5)6;1-7-14(8(2)24-22-7)11-5-12-10(6-13(11)23-4)15-16(18)19-9(3)20-17(15)21-12;1-7(2,3)10-6(8)4-5-9-10;1-3-5-7-9-11-13-12-10-8-6-4-2/h8-9,11-12H,10H2,1-7H3,(H,27,28,29);5-6H,1-4H3,(H,19,20,21);4-5H,8H2,1-3H3;. The predicted molar refractivity (Wildman–Crippen MR) is 358 cm³/mol. The van der Waals surface area contributed by atoms with Gasteiger partial charge in [0, 0.05) is 177 Å². The van der Waals surface area contributed by atoms with Crippen LogP contribution in [-0.4, -0.2) is 74.0 Å². The third kappa shape index (κ3) is 15.2. The molecule has 2 aromatic carbocycles. The molecule has 0 aliphatic heterocycles. The first kappa shape index (κ1) is 63.2. The molecule has 0 radical (unpaired) electrons. The molecule has 10 aromatic rings. The molecule has 31 heteroatoms. The molecule has 4 N–H and O–H groups in total. The molecule has 0 saturated heterocycles. The van der Waals surface area contributed by atoms with Crippen LogP contribution in [0.5, 0.6) is 11.5 Å². The second-order valence-corrected chi connectivity index (χ2v) is 39.1. The Labute approximate surface area is 508 Å². The Kier molecular flexibility index (Phi) is 22.3. The minimum atomic E-state index is -0.118. The van der Waals surface area contributed by atoms with Gasteiger partial charge in [0.15, 0.2) is 0 Å². The number of nitrogens with two attached hydrogens (primary N) is 1. The summed E-state index contributed by atoms with van der Waals surface area (Å²) in [6.45, 7) is 24.0. The number of anilines is 1. The molecule has 426 valence electrons. The zero-order chi connectivity index (χ0) is 58.1. The highest BCUT2D eigenvalue weighted by atomic mass is 35.5. The summed E-state index contributed by atoms with van der Waals surface area (Å²) in [5.74, 6) is 5.04. The van der Waals surface area contributed by atoms with Crippen molar-refractivity contribution in [1.29, 1.82) is 0 Å². The number of nitrogens with zero attached hydrogens (tertiary/aromatic N) is 10. The lowest BCUT2D eigenvalue weighted by Crippen LogP contribution is -2.25. The molecule has 0 saturated carbocycles. The van der Waals surface area contributed by atoms with E-state index < -0.39 is 0 Å². The summed E-state index contributed by atoms with van der Waals surface area (Å²) in [6.07, 6.45) is 4.21. The normalized spacial score (nSPS) is 11.1. The predicted octanol–water partition coefficient (Wildman–Crippen LogP) is 10.8. The number of methoxy groups -OCH3 is 2. The maximum atomic E-state index is 6.33. The Balaban J connectivity index is 0.000000171. The number of aryl methyl sites for hydroxylation is 6. The summed E-state index contributed by atoms with van der Waals surface area (Å²) < 4.78 is 26.0. The van der Waals surface area contributed by atoms with E-state index in [1.807, 2.05) is 59.9 Å². The Morgan fingerprint density at radius 3 is 1.45 bits per heavy atom. The number of hydrogen-bond donors (Lipinski definition) is 3. The Morgan fingerprint density at radius 1 is 0.600 bits per heavy atom. The lowest BCUT2D eigenvalue weighted by atomic mass is 10.00. The second-order valence-electron chi connectivity index (χ2n) is 19.2. The summed E-state index contributed by atoms with van der Waals surface area (Å²) in [5.41, 5.74) is 16.3. The van der Waals surface area contributed by atoms with Crippen molar-refractivity contribution < 1.29 is 18.5 Å². The van der Waals surface area contributed by atoms with Gasteiger partial charge in [0.05, 0.1) is 65.1 Å². The van der Waals surface area contributed by atoms with Gasteiger partial charge in [-0.05, 0) is 119 Å². The van der Waals surface area contributed by atoms with Crippen LogP contribution in [0.15, 0.2) is 57.8 Å². The molecule has 0 amide bonds. The molecule has 80 heavy (non-hydrogen) atoms. The van der Waals surface area contributed by atoms with E-state index in [9.17, 15) is 0 Å². The van der Waals surface area contributed by atoms with E-state index in [0.717, 1.165) is 112 Å². The number of aromatic amines is 2. The molecule has 0 fully saturated rings. The van der Waals surface area contributed by atoms with Crippen molar-refractivity contribution in [1.82, 2.24) is 59.8 Å². The highest BCUT2D eigenvalue weighted by Crippen LogP contribution is 2.42. The number of fused-ring (bicyclic) bond motifs is 6. The van der Waals surface area contributed by atoms with Crippen LogP contribution in [0.25, 0.3) is 66.1 Å². The van der Waals surface area contributed by atoms with Crippen LogP contribution in [0.4, 0.5) is 5.82 Å². The Hall–Kier alpha value is -4.41. The number of nitrogen functional groups attached to an aromatic ring is 1. The van der Waals surface area contributed by atoms with E-state index >= 15 is 0 Å². The largest absolute Gasteiger partial charge is 0.496 e. The Morgan fingerprint density at radius 2 is 1.04 bits per heavy atom. The summed E-state index contributed by atoms with van der Waals surface area (Å²) >= 11 is 15.7. The first-order valence-corrected chi connectivity index (χ1v) is 40.2. The first-order chi connectivity index (χ1) is 38.1. The van der Waals surface area contributed by atoms with Crippen molar-refractivity contribution in [3.63, 3.8) is 0 Å². The SMILES string of the molecule is CC(C)(C)n1nccc1N.COc1cc2c(cc1-c1c(C)noc1C)[nH]c1nc(C)nc(Cc3ccnn3C(C)(C)C)c12.COc1cc2c(cc1-c1c(C)noc1C)[nH]c1nc(C)nc(Cl)c12.S=S=S=S=S=S=S=S=S=S=S=S=S.